The normalized spacial score (nSPS) is 15.2. The molecule has 146 valence electrons. The Balaban J connectivity index is 3.81. The van der Waals surface area contributed by atoms with Crippen molar-refractivity contribution in [3.63, 3.8) is 0 Å². The summed E-state index contributed by atoms with van der Waals surface area (Å²) >= 11 is 0. The molecule has 2 atom stereocenters. The van der Waals surface area contributed by atoms with E-state index in [0.29, 0.717) is 12.8 Å². The summed E-state index contributed by atoms with van der Waals surface area (Å²) in [4.78, 5) is 10.3. The van der Waals surface area contributed by atoms with E-state index < -0.39 is 18.2 Å². The fourth-order valence-corrected chi connectivity index (χ4v) is 2.15. The second-order valence-electron chi connectivity index (χ2n) is 6.12. The van der Waals surface area contributed by atoms with E-state index >= 15 is 0 Å². The summed E-state index contributed by atoms with van der Waals surface area (Å²) in [7, 11) is 0. The third-order valence-corrected chi connectivity index (χ3v) is 3.69. The van der Waals surface area contributed by atoms with Crippen LogP contribution in [-0.4, -0.2) is 33.5 Å². The molecule has 4 heteroatoms. The average molecular weight is 363 g/mol. The van der Waals surface area contributed by atoms with Gasteiger partial charge in [-0.05, 0) is 25.7 Å². The molecule has 0 aromatic heterocycles. The number of hydrogen-bond donors (Lipinski definition) is 3. The lowest BCUT2D eigenvalue weighted by Gasteiger charge is -2.13. The van der Waals surface area contributed by atoms with Crippen molar-refractivity contribution in [2.45, 2.75) is 70.5 Å². The average Bonchev–Trinajstić information content (AvgIpc) is 2.61. The van der Waals surface area contributed by atoms with Crippen LogP contribution in [0, 0.1) is 0 Å². The summed E-state index contributed by atoms with van der Waals surface area (Å²) in [5.41, 5.74) is 0. The van der Waals surface area contributed by atoms with Crippen LogP contribution in [0.4, 0.5) is 0 Å². The van der Waals surface area contributed by atoms with Gasteiger partial charge in [-0.25, -0.2) is 0 Å². The van der Waals surface area contributed by atoms with Crippen LogP contribution in [0.1, 0.15) is 58.3 Å². The highest BCUT2D eigenvalue weighted by molar-refractivity contribution is 5.66. The van der Waals surface area contributed by atoms with Crippen LogP contribution in [-0.2, 0) is 4.79 Å². The van der Waals surface area contributed by atoms with Crippen LogP contribution in [0.5, 0.6) is 0 Å². The maximum Gasteiger partial charge on any atom is 0.303 e. The summed E-state index contributed by atoms with van der Waals surface area (Å²) in [6.45, 7) is 2.11. The Morgan fingerprint density at radius 3 is 2.15 bits per heavy atom. The van der Waals surface area contributed by atoms with Gasteiger partial charge in [0.25, 0.3) is 0 Å². The first kappa shape index (κ1) is 24.1. The van der Waals surface area contributed by atoms with E-state index in [-0.39, 0.29) is 6.42 Å². The highest BCUT2D eigenvalue weighted by Gasteiger charge is 2.11. The predicted octanol–water partition coefficient (Wildman–Crippen LogP) is 4.71. The van der Waals surface area contributed by atoms with Gasteiger partial charge in [0.15, 0.2) is 0 Å². The lowest BCUT2D eigenvalue weighted by molar-refractivity contribution is -0.136. The van der Waals surface area contributed by atoms with E-state index in [1.54, 1.807) is 12.2 Å². The van der Waals surface area contributed by atoms with Gasteiger partial charge >= 0.3 is 5.97 Å². The molecule has 0 aromatic rings. The maximum absolute atomic E-state index is 10.3. The smallest absolute Gasteiger partial charge is 0.303 e. The van der Waals surface area contributed by atoms with E-state index in [9.17, 15) is 15.0 Å². The lowest BCUT2D eigenvalue weighted by Crippen LogP contribution is -2.23. The van der Waals surface area contributed by atoms with Gasteiger partial charge in [-0.15, -0.1) is 0 Å². The second kappa shape index (κ2) is 17.9. The summed E-state index contributed by atoms with van der Waals surface area (Å²) < 4.78 is 0. The van der Waals surface area contributed by atoms with E-state index in [1.807, 2.05) is 42.5 Å². The van der Waals surface area contributed by atoms with E-state index in [4.69, 9.17) is 5.11 Å². The Morgan fingerprint density at radius 2 is 1.46 bits per heavy atom. The maximum atomic E-state index is 10.3. The van der Waals surface area contributed by atoms with Crippen molar-refractivity contribution in [1.82, 2.24) is 0 Å². The molecule has 0 saturated heterocycles. The Bertz CT molecular complexity index is 486. The van der Waals surface area contributed by atoms with Crippen molar-refractivity contribution < 1.29 is 20.1 Å². The Kier molecular flexibility index (Phi) is 16.6. The molecular weight excluding hydrogens is 328 g/mol. The standard InChI is InChI=1S/C22H34O4/c1-2-3-14-17-20(23)21(24)18-15-12-10-8-6-4-5-7-9-11-13-16-19-22(25)26/h4-6,8,10-13,15,18,20-21,23-24H,2-3,7,9,14,16-17,19H2,1H3,(H,25,26)/b5-4+,8-6-,12-10-,13-11-,18-15+. The van der Waals surface area contributed by atoms with E-state index in [1.165, 1.54) is 0 Å². The Hall–Kier alpha value is -1.91. The van der Waals surface area contributed by atoms with Crippen molar-refractivity contribution in [3.8, 4) is 0 Å². The van der Waals surface area contributed by atoms with Gasteiger partial charge in [0, 0.05) is 6.42 Å². The number of carbonyl (C=O) groups is 1. The van der Waals surface area contributed by atoms with Gasteiger partial charge < -0.3 is 15.3 Å². The number of allylic oxidation sites excluding steroid dienone is 9. The zero-order valence-electron chi connectivity index (χ0n) is 15.8. The van der Waals surface area contributed by atoms with Gasteiger partial charge in [0.2, 0.25) is 0 Å². The molecule has 0 spiro atoms. The molecule has 3 N–H and O–H groups in total. The van der Waals surface area contributed by atoms with Gasteiger partial charge in [0.05, 0.1) is 12.2 Å². The van der Waals surface area contributed by atoms with Crippen LogP contribution in [0.3, 0.4) is 0 Å². The minimum Gasteiger partial charge on any atom is -0.481 e. The highest BCUT2D eigenvalue weighted by atomic mass is 16.4. The summed E-state index contributed by atoms with van der Waals surface area (Å²) in [5, 5.41) is 28.1. The van der Waals surface area contributed by atoms with Gasteiger partial charge in [0.1, 0.15) is 0 Å². The van der Waals surface area contributed by atoms with Gasteiger partial charge in [-0.1, -0.05) is 86.9 Å². The molecule has 0 radical (unpaired) electrons. The minimum absolute atomic E-state index is 0.185. The molecule has 0 rings (SSSR count). The van der Waals surface area contributed by atoms with Crippen molar-refractivity contribution in [3.05, 3.63) is 60.8 Å². The molecule has 0 aliphatic rings. The number of carboxylic acid groups (broad SMARTS) is 1. The minimum atomic E-state index is -0.816. The van der Waals surface area contributed by atoms with Crippen LogP contribution in [0.25, 0.3) is 0 Å². The van der Waals surface area contributed by atoms with Crippen LogP contribution in [0.15, 0.2) is 60.8 Å². The zero-order chi connectivity index (χ0) is 19.5. The Labute approximate surface area is 157 Å². The monoisotopic (exact) mass is 362 g/mol. The number of hydrogen-bond acceptors (Lipinski definition) is 3. The quantitative estimate of drug-likeness (QED) is 0.224. The van der Waals surface area contributed by atoms with E-state index in [2.05, 4.69) is 13.0 Å². The molecule has 0 aliphatic heterocycles. The molecule has 0 aromatic carbocycles. The molecule has 2 unspecified atom stereocenters. The molecule has 0 bridgehead atoms. The Morgan fingerprint density at radius 1 is 0.846 bits per heavy atom. The fourth-order valence-electron chi connectivity index (χ4n) is 2.15. The molecule has 0 amide bonds. The van der Waals surface area contributed by atoms with Gasteiger partial charge in [-0.3, -0.25) is 4.79 Å². The second-order valence-corrected chi connectivity index (χ2v) is 6.12. The van der Waals surface area contributed by atoms with Crippen LogP contribution >= 0.6 is 0 Å². The predicted molar refractivity (Wildman–Crippen MR) is 108 cm³/mol. The molecule has 0 heterocycles. The third-order valence-electron chi connectivity index (χ3n) is 3.69. The topological polar surface area (TPSA) is 77.8 Å². The molecule has 0 fully saturated rings. The number of aliphatic hydroxyl groups is 2. The number of unbranched alkanes of at least 4 members (excludes halogenated alkanes) is 3. The summed E-state index contributed by atoms with van der Waals surface area (Å²) in [5.74, 6) is -0.764. The summed E-state index contributed by atoms with van der Waals surface area (Å²) in [6.07, 6.45) is 23.6. The van der Waals surface area contributed by atoms with Crippen LogP contribution in [0.2, 0.25) is 0 Å². The first-order valence-electron chi connectivity index (χ1n) is 9.47. The number of carboxylic acids is 1. The van der Waals surface area contributed by atoms with Crippen molar-refractivity contribution >= 4 is 5.97 Å². The van der Waals surface area contributed by atoms with Crippen molar-refractivity contribution in [2.24, 2.45) is 0 Å². The molecule has 0 saturated carbocycles. The number of aliphatic carboxylic acids is 1. The van der Waals surface area contributed by atoms with E-state index in [0.717, 1.165) is 32.1 Å². The van der Waals surface area contributed by atoms with Crippen molar-refractivity contribution in [2.75, 3.05) is 0 Å². The summed E-state index contributed by atoms with van der Waals surface area (Å²) in [6, 6.07) is 0. The molecule has 0 aliphatic carbocycles. The fraction of sp³-hybridized carbons (Fsp3) is 0.500. The lowest BCUT2D eigenvalue weighted by atomic mass is 10.1. The molecule has 26 heavy (non-hydrogen) atoms. The van der Waals surface area contributed by atoms with Crippen molar-refractivity contribution in [1.29, 1.82) is 0 Å². The molecular formula is C22H34O4. The first-order chi connectivity index (χ1) is 12.6. The largest absolute Gasteiger partial charge is 0.481 e. The number of rotatable bonds is 15. The SMILES string of the molecule is CCCCCC(O)C(O)/C=C/C=C\C=C/C=C/CC/C=C\CCC(=O)O. The van der Waals surface area contributed by atoms with Gasteiger partial charge in [-0.2, -0.15) is 0 Å². The third kappa shape index (κ3) is 16.9. The van der Waals surface area contributed by atoms with Crippen LogP contribution < -0.4 is 0 Å². The first-order valence-corrected chi connectivity index (χ1v) is 9.47. The zero-order valence-corrected chi connectivity index (χ0v) is 15.8. The highest BCUT2D eigenvalue weighted by Crippen LogP contribution is 2.07. The molecule has 4 nitrogen and oxygen atoms in total. The number of aliphatic hydroxyl groups excluding tert-OH is 2.